The molecule has 0 unspecified atom stereocenters. The van der Waals surface area contributed by atoms with Crippen LogP contribution in [-0.4, -0.2) is 35.7 Å². The van der Waals surface area contributed by atoms with E-state index in [1.807, 2.05) is 45.0 Å². The zero-order valence-electron chi connectivity index (χ0n) is 18.5. The van der Waals surface area contributed by atoms with Crippen LogP contribution in [0.15, 0.2) is 53.7 Å². The molecule has 166 valence electrons. The largest absolute Gasteiger partial charge is 0.345 e. The Hall–Kier alpha value is -4.27. The summed E-state index contributed by atoms with van der Waals surface area (Å²) in [5.41, 5.74) is 5.01. The van der Waals surface area contributed by atoms with Gasteiger partial charge in [0.25, 0.3) is 11.5 Å². The number of aromatic nitrogens is 6. The highest BCUT2D eigenvalue weighted by Gasteiger charge is 2.24. The molecule has 4 heterocycles. The molecule has 0 spiro atoms. The van der Waals surface area contributed by atoms with Gasteiger partial charge in [0.2, 0.25) is 0 Å². The number of hydrogen-bond donors (Lipinski definition) is 3. The second-order valence-corrected chi connectivity index (χ2v) is 8.34. The van der Waals surface area contributed by atoms with E-state index in [1.54, 1.807) is 24.7 Å². The van der Waals surface area contributed by atoms with Gasteiger partial charge in [0.1, 0.15) is 5.52 Å². The predicted octanol–water partition coefficient (Wildman–Crippen LogP) is 3.32. The Kier molecular flexibility index (Phi) is 5.01. The second kappa shape index (κ2) is 8.01. The smallest absolute Gasteiger partial charge is 0.274 e. The highest BCUT2D eigenvalue weighted by Crippen LogP contribution is 2.26. The summed E-state index contributed by atoms with van der Waals surface area (Å²) in [6.07, 6.45) is 5.08. The van der Waals surface area contributed by atoms with E-state index in [1.165, 1.54) is 4.52 Å². The molecule has 4 aromatic heterocycles. The van der Waals surface area contributed by atoms with Gasteiger partial charge in [-0.3, -0.25) is 19.7 Å². The third kappa shape index (κ3) is 3.67. The maximum atomic E-state index is 13.1. The van der Waals surface area contributed by atoms with Crippen molar-refractivity contribution in [2.75, 3.05) is 0 Å². The normalized spacial score (nSPS) is 11.5. The van der Waals surface area contributed by atoms with Crippen molar-refractivity contribution in [2.24, 2.45) is 0 Å². The highest BCUT2D eigenvalue weighted by atomic mass is 16.2. The van der Waals surface area contributed by atoms with E-state index in [9.17, 15) is 9.59 Å². The number of pyridine rings is 1. The number of fused-ring (bicyclic) bond motifs is 2. The molecule has 0 atom stereocenters. The summed E-state index contributed by atoms with van der Waals surface area (Å²) in [7, 11) is 0. The summed E-state index contributed by atoms with van der Waals surface area (Å²) in [5.74, 6) is -0.423. The van der Waals surface area contributed by atoms with Crippen molar-refractivity contribution in [3.05, 3.63) is 81.8 Å². The molecule has 33 heavy (non-hydrogen) atoms. The molecule has 9 nitrogen and oxygen atoms in total. The first kappa shape index (κ1) is 20.6. The molecule has 5 aromatic rings. The number of nitrogens with one attached hydrogen (secondary N) is 3. The maximum absolute atomic E-state index is 13.1. The van der Waals surface area contributed by atoms with Crippen molar-refractivity contribution in [2.45, 2.75) is 33.2 Å². The van der Waals surface area contributed by atoms with E-state index in [-0.39, 0.29) is 29.6 Å². The van der Waals surface area contributed by atoms with E-state index < -0.39 is 0 Å². The number of carbonyl (C=O) groups excluding carboxylic acids is 1. The van der Waals surface area contributed by atoms with Gasteiger partial charge >= 0.3 is 0 Å². The van der Waals surface area contributed by atoms with Crippen LogP contribution < -0.4 is 10.9 Å². The zero-order chi connectivity index (χ0) is 23.1. The Bertz CT molecular complexity index is 1540. The Balaban J connectivity index is 1.59. The highest BCUT2D eigenvalue weighted by molar-refractivity contribution is 5.96. The summed E-state index contributed by atoms with van der Waals surface area (Å²) in [6.45, 7) is 6.18. The molecular formula is C24H23N7O2. The lowest BCUT2D eigenvalue weighted by Gasteiger charge is -2.08. The average Bonchev–Trinajstić information content (AvgIpc) is 3.45. The standard InChI is InChI=1S/C24H23N7O2/c1-13(2)20-21(23(32)26-11-16-7-8-27-29-16)30-31-12-19(28-24(33)22(20)31)15-9-17-14(3)5-4-6-18(17)25-10-15/h4-10,12-13H,11H2,1-3H3,(H,26,32)(H,27,29)(H,28,33). The summed E-state index contributed by atoms with van der Waals surface area (Å²) in [5, 5.41) is 15.0. The van der Waals surface area contributed by atoms with Crippen LogP contribution in [0, 0.1) is 6.92 Å². The minimum atomic E-state index is -0.346. The first-order valence-electron chi connectivity index (χ1n) is 10.7. The molecule has 0 bridgehead atoms. The quantitative estimate of drug-likeness (QED) is 0.386. The Morgan fingerprint density at radius 2 is 2.09 bits per heavy atom. The summed E-state index contributed by atoms with van der Waals surface area (Å²) >= 11 is 0. The predicted molar refractivity (Wildman–Crippen MR) is 125 cm³/mol. The van der Waals surface area contributed by atoms with Crippen LogP contribution in [0.2, 0.25) is 0 Å². The number of hydrogen-bond acceptors (Lipinski definition) is 5. The van der Waals surface area contributed by atoms with Gasteiger partial charge in [-0.05, 0) is 36.6 Å². The fourth-order valence-electron chi connectivity index (χ4n) is 4.05. The van der Waals surface area contributed by atoms with Gasteiger partial charge in [-0.1, -0.05) is 26.0 Å². The summed E-state index contributed by atoms with van der Waals surface area (Å²) < 4.78 is 1.50. The molecular weight excluding hydrogens is 418 g/mol. The molecule has 0 saturated heterocycles. The van der Waals surface area contributed by atoms with Crippen LogP contribution in [-0.2, 0) is 6.54 Å². The van der Waals surface area contributed by atoms with Crippen LogP contribution in [0.1, 0.15) is 47.1 Å². The van der Waals surface area contributed by atoms with E-state index in [0.29, 0.717) is 16.8 Å². The third-order valence-corrected chi connectivity index (χ3v) is 5.71. The maximum Gasteiger partial charge on any atom is 0.274 e. The molecule has 0 fully saturated rings. The number of aryl methyl sites for hydroxylation is 1. The van der Waals surface area contributed by atoms with Gasteiger partial charge in [0.05, 0.1) is 29.6 Å². The van der Waals surface area contributed by atoms with Crippen LogP contribution in [0.4, 0.5) is 0 Å². The van der Waals surface area contributed by atoms with Crippen molar-refractivity contribution in [1.29, 1.82) is 0 Å². The topological polar surface area (TPSA) is 121 Å². The molecule has 1 aromatic carbocycles. The molecule has 0 aliphatic carbocycles. The lowest BCUT2D eigenvalue weighted by atomic mass is 10.0. The van der Waals surface area contributed by atoms with Gasteiger partial charge in [0.15, 0.2) is 5.69 Å². The Morgan fingerprint density at radius 1 is 1.24 bits per heavy atom. The molecule has 0 aliphatic rings. The molecule has 0 radical (unpaired) electrons. The van der Waals surface area contributed by atoms with Crippen LogP contribution in [0.5, 0.6) is 0 Å². The third-order valence-electron chi connectivity index (χ3n) is 5.71. The number of aromatic amines is 2. The Morgan fingerprint density at radius 3 is 2.85 bits per heavy atom. The molecule has 0 saturated carbocycles. The van der Waals surface area contributed by atoms with Gasteiger partial charge < -0.3 is 10.3 Å². The summed E-state index contributed by atoms with van der Waals surface area (Å²) in [6, 6.07) is 9.72. The van der Waals surface area contributed by atoms with Gasteiger partial charge in [-0.15, -0.1) is 0 Å². The number of benzene rings is 1. The average molecular weight is 441 g/mol. The molecule has 0 aliphatic heterocycles. The number of carbonyl (C=O) groups is 1. The second-order valence-electron chi connectivity index (χ2n) is 8.34. The van der Waals surface area contributed by atoms with Crippen molar-refractivity contribution in [3.8, 4) is 11.3 Å². The van der Waals surface area contributed by atoms with E-state index in [4.69, 9.17) is 0 Å². The SMILES string of the molecule is Cc1cccc2ncc(-c3cn4nc(C(=O)NCc5ccn[nH]5)c(C(C)C)c4c(=O)[nH]3)cc12. The lowest BCUT2D eigenvalue weighted by Crippen LogP contribution is -2.24. The van der Waals surface area contributed by atoms with Crippen LogP contribution >= 0.6 is 0 Å². The van der Waals surface area contributed by atoms with Crippen LogP contribution in [0.3, 0.4) is 0 Å². The fraction of sp³-hybridized carbons (Fsp3) is 0.208. The van der Waals surface area contributed by atoms with Crippen molar-refractivity contribution in [3.63, 3.8) is 0 Å². The van der Waals surface area contributed by atoms with E-state index in [0.717, 1.165) is 27.7 Å². The number of amides is 1. The number of rotatable bonds is 5. The van der Waals surface area contributed by atoms with Gasteiger partial charge in [-0.25, -0.2) is 4.52 Å². The lowest BCUT2D eigenvalue weighted by molar-refractivity contribution is 0.0944. The van der Waals surface area contributed by atoms with E-state index >= 15 is 0 Å². The fourth-order valence-corrected chi connectivity index (χ4v) is 4.05. The summed E-state index contributed by atoms with van der Waals surface area (Å²) in [4.78, 5) is 33.6. The number of nitrogens with zero attached hydrogens (tertiary/aromatic N) is 4. The molecule has 9 heteroatoms. The van der Waals surface area contributed by atoms with Crippen molar-refractivity contribution < 1.29 is 4.79 Å². The first-order valence-corrected chi connectivity index (χ1v) is 10.7. The van der Waals surface area contributed by atoms with Crippen molar-refractivity contribution in [1.82, 2.24) is 35.1 Å². The zero-order valence-corrected chi connectivity index (χ0v) is 18.5. The van der Waals surface area contributed by atoms with Crippen LogP contribution in [0.25, 0.3) is 27.7 Å². The minimum absolute atomic E-state index is 0.0765. The van der Waals surface area contributed by atoms with E-state index in [2.05, 4.69) is 30.6 Å². The Labute approximate surface area is 188 Å². The molecule has 5 rings (SSSR count). The molecule has 3 N–H and O–H groups in total. The molecule has 1 amide bonds. The minimum Gasteiger partial charge on any atom is -0.345 e. The number of H-pyrrole nitrogens is 2. The first-order chi connectivity index (χ1) is 15.9. The van der Waals surface area contributed by atoms with Crippen molar-refractivity contribution >= 4 is 22.3 Å². The monoisotopic (exact) mass is 441 g/mol. The van der Waals surface area contributed by atoms with Gasteiger partial charge in [-0.2, -0.15) is 10.2 Å². The van der Waals surface area contributed by atoms with Gasteiger partial charge in [0, 0.05) is 28.9 Å².